The zero-order valence-corrected chi connectivity index (χ0v) is 17.3. The van der Waals surface area contributed by atoms with Crippen molar-refractivity contribution in [3.05, 3.63) is 60.2 Å². The van der Waals surface area contributed by atoms with E-state index in [1.165, 1.54) is 5.56 Å². The Morgan fingerprint density at radius 2 is 1.69 bits per heavy atom. The van der Waals surface area contributed by atoms with Crippen molar-refractivity contribution in [2.45, 2.75) is 32.1 Å². The van der Waals surface area contributed by atoms with Crippen molar-refractivity contribution in [2.24, 2.45) is 0 Å². The van der Waals surface area contributed by atoms with E-state index in [9.17, 15) is 9.59 Å². The number of methoxy groups -OCH3 is 1. The minimum atomic E-state index is -0.287. The van der Waals surface area contributed by atoms with Crippen LogP contribution in [0.4, 0.5) is 5.69 Å². The molecule has 0 heterocycles. The van der Waals surface area contributed by atoms with Gasteiger partial charge < -0.3 is 20.1 Å². The highest BCUT2D eigenvalue weighted by molar-refractivity contribution is 7.80. The molecule has 0 saturated carbocycles. The van der Waals surface area contributed by atoms with Crippen molar-refractivity contribution in [1.29, 1.82) is 0 Å². The topological polar surface area (TPSA) is 76.7 Å². The maximum Gasteiger partial charge on any atom is 0.305 e. The molecule has 0 fully saturated rings. The van der Waals surface area contributed by atoms with E-state index >= 15 is 0 Å². The number of hydrogen-bond acceptors (Lipinski definition) is 5. The molecule has 0 unspecified atom stereocenters. The van der Waals surface area contributed by atoms with Crippen LogP contribution in [0.2, 0.25) is 0 Å². The molecule has 29 heavy (non-hydrogen) atoms. The third-order valence-corrected chi connectivity index (χ3v) is 4.31. The average Bonchev–Trinajstić information content (AvgIpc) is 2.72. The van der Waals surface area contributed by atoms with Gasteiger partial charge in [-0.3, -0.25) is 9.59 Å². The molecule has 154 valence electrons. The van der Waals surface area contributed by atoms with Crippen LogP contribution >= 0.6 is 12.2 Å². The normalized spacial score (nSPS) is 10.1. The van der Waals surface area contributed by atoms with Crippen LogP contribution in [0, 0.1) is 0 Å². The number of carbonyl (C=O) groups is 2. The summed E-state index contributed by atoms with van der Waals surface area (Å²) in [5, 5.41) is 5.73. The average molecular weight is 415 g/mol. The number of esters is 1. The number of amides is 1. The number of aryl methyl sites for hydroxylation is 1. The molecule has 0 aliphatic rings. The Hall–Kier alpha value is -2.93. The number of carbonyl (C=O) groups excluding carboxylic acids is 2. The minimum absolute atomic E-state index is 0.198. The first-order valence-electron chi connectivity index (χ1n) is 9.51. The number of anilines is 1. The molecule has 0 bridgehead atoms. The molecule has 6 nitrogen and oxygen atoms in total. The molecule has 0 aliphatic carbocycles. The van der Waals surface area contributed by atoms with Gasteiger partial charge >= 0.3 is 5.97 Å². The highest BCUT2D eigenvalue weighted by Gasteiger charge is 2.08. The number of rotatable bonds is 10. The minimum Gasteiger partial charge on any atom is -0.497 e. The Morgan fingerprint density at radius 1 is 0.966 bits per heavy atom. The Bertz CT molecular complexity index is 794. The lowest BCUT2D eigenvalue weighted by Gasteiger charge is -2.10. The number of ether oxygens (including phenoxy) is 2. The zero-order chi connectivity index (χ0) is 20.9. The molecule has 0 radical (unpaired) electrons. The van der Waals surface area contributed by atoms with Crippen LogP contribution in [0.25, 0.3) is 0 Å². The Labute approximate surface area is 176 Å². The van der Waals surface area contributed by atoms with Gasteiger partial charge in [0.25, 0.3) is 0 Å². The third kappa shape index (κ3) is 9.21. The van der Waals surface area contributed by atoms with Crippen LogP contribution in [0.15, 0.2) is 54.6 Å². The lowest BCUT2D eigenvalue weighted by molar-refractivity contribution is -0.143. The Morgan fingerprint density at radius 3 is 2.38 bits per heavy atom. The van der Waals surface area contributed by atoms with Gasteiger partial charge in [0, 0.05) is 18.5 Å². The fourth-order valence-electron chi connectivity index (χ4n) is 2.60. The quantitative estimate of drug-likeness (QED) is 0.349. The van der Waals surface area contributed by atoms with Crippen LogP contribution in [0.3, 0.4) is 0 Å². The predicted molar refractivity (Wildman–Crippen MR) is 117 cm³/mol. The fourth-order valence-corrected chi connectivity index (χ4v) is 2.83. The van der Waals surface area contributed by atoms with Gasteiger partial charge in [-0.2, -0.15) is 0 Å². The number of hydrogen-bond donors (Lipinski definition) is 2. The summed E-state index contributed by atoms with van der Waals surface area (Å²) >= 11 is 5.12. The SMILES string of the molecule is COc1ccc(NC(=S)NC(=O)CCCC(=O)OCCCc2ccccc2)cc1. The van der Waals surface area contributed by atoms with Crippen LogP contribution in [0.1, 0.15) is 31.2 Å². The van der Waals surface area contributed by atoms with Crippen molar-refractivity contribution in [3.8, 4) is 5.75 Å². The first-order chi connectivity index (χ1) is 14.1. The van der Waals surface area contributed by atoms with E-state index in [1.54, 1.807) is 31.4 Å². The first-order valence-corrected chi connectivity index (χ1v) is 9.92. The number of thiocarbonyl (C=S) groups is 1. The summed E-state index contributed by atoms with van der Waals surface area (Å²) in [5.74, 6) is 0.204. The molecule has 2 aromatic rings. The molecule has 7 heteroatoms. The Kier molecular flexibility index (Phi) is 9.65. The van der Waals surface area contributed by atoms with Gasteiger partial charge in [0.15, 0.2) is 5.11 Å². The maximum absolute atomic E-state index is 11.9. The van der Waals surface area contributed by atoms with Gasteiger partial charge in [-0.1, -0.05) is 30.3 Å². The lowest BCUT2D eigenvalue weighted by atomic mass is 10.1. The van der Waals surface area contributed by atoms with Gasteiger partial charge in [-0.05, 0) is 61.3 Å². The maximum atomic E-state index is 11.9. The van der Waals surface area contributed by atoms with Crippen molar-refractivity contribution < 1.29 is 19.1 Å². The highest BCUT2D eigenvalue weighted by Crippen LogP contribution is 2.14. The molecular formula is C22H26N2O4S. The van der Waals surface area contributed by atoms with Crippen LogP contribution in [-0.4, -0.2) is 30.7 Å². The fraction of sp³-hybridized carbons (Fsp3) is 0.318. The van der Waals surface area contributed by atoms with Crippen molar-refractivity contribution in [1.82, 2.24) is 5.32 Å². The zero-order valence-electron chi connectivity index (χ0n) is 16.5. The van der Waals surface area contributed by atoms with E-state index in [-0.39, 0.29) is 29.8 Å². The summed E-state index contributed by atoms with van der Waals surface area (Å²) in [4.78, 5) is 23.7. The standard InChI is InChI=1S/C22H26N2O4S/c1-27-19-14-12-18(13-15-19)23-22(29)24-20(25)10-5-11-21(26)28-16-6-9-17-7-3-2-4-8-17/h2-4,7-8,12-15H,5-6,9-11,16H2,1H3,(H2,23,24,25,29). The summed E-state index contributed by atoms with van der Waals surface area (Å²) in [6, 6.07) is 17.2. The van der Waals surface area contributed by atoms with E-state index in [0.717, 1.165) is 24.3 Å². The molecule has 1 amide bonds. The molecule has 2 rings (SSSR count). The van der Waals surface area contributed by atoms with Crippen LogP contribution in [-0.2, 0) is 20.7 Å². The molecule has 0 atom stereocenters. The van der Waals surface area contributed by atoms with Crippen LogP contribution < -0.4 is 15.4 Å². The first kappa shape index (κ1) is 22.4. The van der Waals surface area contributed by atoms with Crippen molar-refractivity contribution in [2.75, 3.05) is 19.0 Å². The third-order valence-electron chi connectivity index (χ3n) is 4.10. The van der Waals surface area contributed by atoms with Gasteiger partial charge in [-0.15, -0.1) is 0 Å². The van der Waals surface area contributed by atoms with Gasteiger partial charge in [-0.25, -0.2) is 0 Å². The summed E-state index contributed by atoms with van der Waals surface area (Å²) < 4.78 is 10.3. The van der Waals surface area contributed by atoms with E-state index in [1.807, 2.05) is 30.3 Å². The number of nitrogens with one attached hydrogen (secondary N) is 2. The summed E-state index contributed by atoms with van der Waals surface area (Å²) in [6.07, 6.45) is 2.46. The summed E-state index contributed by atoms with van der Waals surface area (Å²) in [5.41, 5.74) is 1.97. The second kappa shape index (κ2) is 12.5. The molecule has 0 aliphatic heterocycles. The second-order valence-corrected chi connectivity index (χ2v) is 6.80. The van der Waals surface area contributed by atoms with E-state index in [4.69, 9.17) is 21.7 Å². The van der Waals surface area contributed by atoms with Gasteiger partial charge in [0.1, 0.15) is 5.75 Å². The summed E-state index contributed by atoms with van der Waals surface area (Å²) in [6.45, 7) is 0.385. The highest BCUT2D eigenvalue weighted by atomic mass is 32.1. The molecule has 0 saturated heterocycles. The lowest BCUT2D eigenvalue weighted by Crippen LogP contribution is -2.34. The van der Waals surface area contributed by atoms with Crippen molar-refractivity contribution in [3.63, 3.8) is 0 Å². The van der Waals surface area contributed by atoms with E-state index < -0.39 is 0 Å². The Balaban J connectivity index is 1.54. The largest absolute Gasteiger partial charge is 0.497 e. The van der Waals surface area contributed by atoms with Crippen LogP contribution in [0.5, 0.6) is 5.75 Å². The molecular weight excluding hydrogens is 388 g/mol. The van der Waals surface area contributed by atoms with Gasteiger partial charge in [0.2, 0.25) is 5.91 Å². The monoisotopic (exact) mass is 414 g/mol. The predicted octanol–water partition coefficient (Wildman–Crippen LogP) is 3.85. The smallest absolute Gasteiger partial charge is 0.305 e. The van der Waals surface area contributed by atoms with E-state index in [0.29, 0.717) is 13.0 Å². The molecule has 2 aromatic carbocycles. The molecule has 0 aromatic heterocycles. The van der Waals surface area contributed by atoms with Gasteiger partial charge in [0.05, 0.1) is 13.7 Å². The number of benzene rings is 2. The molecule has 2 N–H and O–H groups in total. The molecule has 0 spiro atoms. The van der Waals surface area contributed by atoms with E-state index in [2.05, 4.69) is 10.6 Å². The summed E-state index contributed by atoms with van der Waals surface area (Å²) in [7, 11) is 1.59. The van der Waals surface area contributed by atoms with Crippen molar-refractivity contribution >= 4 is 34.9 Å². The second-order valence-electron chi connectivity index (χ2n) is 6.39.